The number of hydrogen-bond acceptors (Lipinski definition) is 4. The van der Waals surface area contributed by atoms with Crippen LogP contribution in [-0.4, -0.2) is 41.6 Å². The van der Waals surface area contributed by atoms with Crippen molar-refractivity contribution in [2.75, 3.05) is 26.0 Å². The van der Waals surface area contributed by atoms with E-state index in [1.807, 2.05) is 12.1 Å². The highest BCUT2D eigenvalue weighted by Gasteiger charge is 2.29. The molecule has 1 aromatic carbocycles. The molecular weight excluding hydrogens is 280 g/mol. The lowest BCUT2D eigenvalue weighted by Gasteiger charge is -2.34. The Kier molecular flexibility index (Phi) is 5.58. The number of ether oxygens (including phenoxy) is 1. The van der Waals surface area contributed by atoms with Crippen LogP contribution in [0.2, 0.25) is 0 Å². The summed E-state index contributed by atoms with van der Waals surface area (Å²) in [5, 5.41) is 0. The maximum atomic E-state index is 6.31. The van der Waals surface area contributed by atoms with Gasteiger partial charge in [-0.15, -0.1) is 0 Å². The van der Waals surface area contributed by atoms with E-state index in [0.717, 1.165) is 18.8 Å². The highest BCUT2D eigenvalue weighted by Crippen LogP contribution is 2.34. The minimum Gasteiger partial charge on any atom is -0.497 e. The van der Waals surface area contributed by atoms with Crippen LogP contribution >= 0.6 is 11.8 Å². The summed E-state index contributed by atoms with van der Waals surface area (Å²) >= 11 is 2.07. The first-order valence-electron chi connectivity index (χ1n) is 7.70. The summed E-state index contributed by atoms with van der Waals surface area (Å²) < 4.78 is 5.63. The molecule has 1 aromatic rings. The zero-order chi connectivity index (χ0) is 15.5. The molecule has 0 aliphatic carbocycles. The van der Waals surface area contributed by atoms with Crippen LogP contribution in [0.3, 0.4) is 0 Å². The van der Waals surface area contributed by atoms with Crippen molar-refractivity contribution in [3.8, 4) is 5.75 Å². The number of rotatable bonds is 4. The van der Waals surface area contributed by atoms with Gasteiger partial charge in [-0.1, -0.05) is 26.0 Å². The Bertz CT molecular complexity index is 445. The van der Waals surface area contributed by atoms with Crippen molar-refractivity contribution < 1.29 is 4.74 Å². The second-order valence-electron chi connectivity index (χ2n) is 6.47. The lowest BCUT2D eigenvalue weighted by atomic mass is 9.98. The van der Waals surface area contributed by atoms with Gasteiger partial charge in [-0.05, 0) is 31.0 Å². The van der Waals surface area contributed by atoms with E-state index < -0.39 is 0 Å². The molecule has 0 radical (unpaired) electrons. The maximum absolute atomic E-state index is 6.31. The van der Waals surface area contributed by atoms with Crippen LogP contribution in [0.4, 0.5) is 0 Å². The normalized spacial score (nSPS) is 22.3. The summed E-state index contributed by atoms with van der Waals surface area (Å²) in [6.45, 7) is 9.01. The summed E-state index contributed by atoms with van der Waals surface area (Å²) in [6, 6.07) is 8.75. The molecule has 2 N–H and O–H groups in total. The third-order valence-electron chi connectivity index (χ3n) is 4.22. The molecule has 2 atom stereocenters. The molecule has 2 unspecified atom stereocenters. The lowest BCUT2D eigenvalue weighted by Crippen LogP contribution is -2.41. The Morgan fingerprint density at radius 3 is 2.48 bits per heavy atom. The van der Waals surface area contributed by atoms with E-state index in [4.69, 9.17) is 10.5 Å². The van der Waals surface area contributed by atoms with Crippen molar-refractivity contribution in [2.24, 2.45) is 5.73 Å². The van der Waals surface area contributed by atoms with Crippen LogP contribution < -0.4 is 10.5 Å². The van der Waals surface area contributed by atoms with Crippen molar-refractivity contribution in [1.29, 1.82) is 0 Å². The van der Waals surface area contributed by atoms with Crippen LogP contribution in [0, 0.1) is 0 Å². The molecule has 3 nitrogen and oxygen atoms in total. The monoisotopic (exact) mass is 308 g/mol. The van der Waals surface area contributed by atoms with Gasteiger partial charge in [-0.25, -0.2) is 0 Å². The summed E-state index contributed by atoms with van der Waals surface area (Å²) in [4.78, 5) is 2.55. The summed E-state index contributed by atoms with van der Waals surface area (Å²) in [5.41, 5.74) is 7.60. The molecule has 1 saturated heterocycles. The van der Waals surface area contributed by atoms with Gasteiger partial charge < -0.3 is 10.5 Å². The van der Waals surface area contributed by atoms with E-state index in [1.165, 1.54) is 17.7 Å². The summed E-state index contributed by atoms with van der Waals surface area (Å²) in [7, 11) is 1.70. The fourth-order valence-corrected chi connectivity index (χ4v) is 4.08. The Labute approximate surface area is 133 Å². The highest BCUT2D eigenvalue weighted by molar-refractivity contribution is 8.00. The fourth-order valence-electron chi connectivity index (χ4n) is 2.96. The first-order chi connectivity index (χ1) is 9.93. The number of methoxy groups -OCH3 is 1. The van der Waals surface area contributed by atoms with Gasteiger partial charge in [0.15, 0.2) is 0 Å². The second-order valence-corrected chi connectivity index (χ2v) is 8.27. The largest absolute Gasteiger partial charge is 0.497 e. The SMILES string of the molecule is COc1ccc(C(C(C)N)N2CCSC(C)(C)CC2)cc1. The van der Waals surface area contributed by atoms with Crippen molar-refractivity contribution >= 4 is 11.8 Å². The molecule has 2 rings (SSSR count). The van der Waals surface area contributed by atoms with Crippen LogP contribution in [0.1, 0.15) is 38.8 Å². The van der Waals surface area contributed by atoms with Crippen molar-refractivity contribution in [3.63, 3.8) is 0 Å². The van der Waals surface area contributed by atoms with Crippen LogP contribution in [0.25, 0.3) is 0 Å². The van der Waals surface area contributed by atoms with Crippen molar-refractivity contribution in [1.82, 2.24) is 4.90 Å². The molecule has 0 aromatic heterocycles. The maximum Gasteiger partial charge on any atom is 0.118 e. The molecule has 1 aliphatic heterocycles. The second kappa shape index (κ2) is 7.03. The quantitative estimate of drug-likeness (QED) is 0.926. The molecule has 118 valence electrons. The molecular formula is C17H28N2OS. The van der Waals surface area contributed by atoms with Gasteiger partial charge in [-0.2, -0.15) is 11.8 Å². The van der Waals surface area contributed by atoms with E-state index in [1.54, 1.807) is 7.11 Å². The predicted molar refractivity (Wildman–Crippen MR) is 92.1 cm³/mol. The highest BCUT2D eigenvalue weighted by atomic mass is 32.2. The van der Waals surface area contributed by atoms with Gasteiger partial charge in [0.1, 0.15) is 5.75 Å². The van der Waals surface area contributed by atoms with E-state index in [0.29, 0.717) is 4.75 Å². The minimum atomic E-state index is 0.115. The fraction of sp³-hybridized carbons (Fsp3) is 0.647. The molecule has 0 saturated carbocycles. The molecule has 0 bridgehead atoms. The number of nitrogens with zero attached hydrogens (tertiary/aromatic N) is 1. The molecule has 4 heteroatoms. The zero-order valence-electron chi connectivity index (χ0n) is 13.6. The topological polar surface area (TPSA) is 38.5 Å². The number of thioether (sulfide) groups is 1. The van der Waals surface area contributed by atoms with Crippen molar-refractivity contribution in [3.05, 3.63) is 29.8 Å². The summed E-state index contributed by atoms with van der Waals surface area (Å²) in [6.07, 6.45) is 1.21. The van der Waals surface area contributed by atoms with Gasteiger partial charge >= 0.3 is 0 Å². The number of benzene rings is 1. The van der Waals surface area contributed by atoms with E-state index in [-0.39, 0.29) is 12.1 Å². The molecule has 1 aliphatic rings. The van der Waals surface area contributed by atoms with Gasteiger partial charge in [-0.3, -0.25) is 4.90 Å². The number of hydrogen-bond donors (Lipinski definition) is 1. The van der Waals surface area contributed by atoms with Gasteiger partial charge in [0, 0.05) is 35.7 Å². The third-order valence-corrected chi connectivity index (χ3v) is 5.59. The Morgan fingerprint density at radius 1 is 1.24 bits per heavy atom. The third kappa shape index (κ3) is 4.38. The molecule has 0 spiro atoms. The Balaban J connectivity index is 2.17. The zero-order valence-corrected chi connectivity index (χ0v) is 14.5. The molecule has 1 fully saturated rings. The standard InChI is InChI=1S/C17H28N2OS/c1-13(18)16(14-5-7-15(20-4)8-6-14)19-10-9-17(2,3)21-12-11-19/h5-8,13,16H,9-12,18H2,1-4H3. The predicted octanol–water partition coefficient (Wildman–Crippen LogP) is 3.30. The van der Waals surface area contributed by atoms with Gasteiger partial charge in [0.2, 0.25) is 0 Å². The molecule has 0 amide bonds. The molecule has 1 heterocycles. The summed E-state index contributed by atoms with van der Waals surface area (Å²) in [5.74, 6) is 2.07. The van der Waals surface area contributed by atoms with Crippen LogP contribution in [0.5, 0.6) is 5.75 Å². The van der Waals surface area contributed by atoms with Crippen LogP contribution in [-0.2, 0) is 0 Å². The van der Waals surface area contributed by atoms with Gasteiger partial charge in [0.05, 0.1) is 7.11 Å². The first kappa shape index (κ1) is 16.7. The average molecular weight is 308 g/mol. The van der Waals surface area contributed by atoms with E-state index >= 15 is 0 Å². The van der Waals surface area contributed by atoms with Crippen molar-refractivity contribution in [2.45, 2.75) is 44.0 Å². The Morgan fingerprint density at radius 2 is 1.90 bits per heavy atom. The molecule has 21 heavy (non-hydrogen) atoms. The Hall–Kier alpha value is -0.710. The number of nitrogens with two attached hydrogens (primary N) is 1. The van der Waals surface area contributed by atoms with Crippen LogP contribution in [0.15, 0.2) is 24.3 Å². The average Bonchev–Trinajstić information content (AvgIpc) is 2.61. The van der Waals surface area contributed by atoms with E-state index in [2.05, 4.69) is 49.6 Å². The van der Waals surface area contributed by atoms with E-state index in [9.17, 15) is 0 Å². The van der Waals surface area contributed by atoms with Gasteiger partial charge in [0.25, 0.3) is 0 Å². The smallest absolute Gasteiger partial charge is 0.118 e. The first-order valence-corrected chi connectivity index (χ1v) is 8.69. The lowest BCUT2D eigenvalue weighted by molar-refractivity contribution is 0.184. The minimum absolute atomic E-state index is 0.115.